The van der Waals surface area contributed by atoms with E-state index in [2.05, 4.69) is 29.8 Å². The van der Waals surface area contributed by atoms with E-state index in [0.717, 1.165) is 38.7 Å². The van der Waals surface area contributed by atoms with Crippen LogP contribution >= 0.6 is 15.9 Å². The van der Waals surface area contributed by atoms with Crippen LogP contribution in [0.15, 0.2) is 34.8 Å². The lowest BCUT2D eigenvalue weighted by Crippen LogP contribution is -2.32. The van der Waals surface area contributed by atoms with Crippen molar-refractivity contribution in [1.29, 1.82) is 0 Å². The molecule has 5 heteroatoms. The van der Waals surface area contributed by atoms with Gasteiger partial charge in [0.15, 0.2) is 0 Å². The third-order valence-electron chi connectivity index (χ3n) is 4.35. The molecule has 0 aliphatic rings. The Labute approximate surface area is 156 Å². The third-order valence-corrected chi connectivity index (χ3v) is 5.05. The number of rotatable bonds is 6. The molecule has 0 aliphatic heterocycles. The first kappa shape index (κ1) is 19.5. The number of aryl methyl sites for hydroxylation is 1. The maximum Gasteiger partial charge on any atom is 0.320 e. The summed E-state index contributed by atoms with van der Waals surface area (Å²) in [5.74, 6) is -0.417. The Morgan fingerprint density at radius 3 is 2.44 bits per heavy atom. The molecule has 1 atom stereocenters. The van der Waals surface area contributed by atoms with Crippen molar-refractivity contribution in [3.8, 4) is 5.75 Å². The van der Waals surface area contributed by atoms with Gasteiger partial charge in [0, 0.05) is 4.47 Å². The Bertz CT molecular complexity index is 764. The summed E-state index contributed by atoms with van der Waals surface area (Å²) >= 11 is 3.61. The van der Waals surface area contributed by atoms with Crippen LogP contribution in [0.3, 0.4) is 0 Å². The first-order valence-electron chi connectivity index (χ1n) is 8.27. The molecule has 25 heavy (non-hydrogen) atoms. The zero-order valence-corrected chi connectivity index (χ0v) is 16.3. The molecule has 0 saturated carbocycles. The Kier molecular flexibility index (Phi) is 6.25. The van der Waals surface area contributed by atoms with Crippen LogP contribution in [0.2, 0.25) is 0 Å². The largest absolute Gasteiger partial charge is 0.508 e. The molecule has 0 radical (unpaired) electrons. The molecule has 4 N–H and O–H groups in total. The number of hydrogen-bond acceptors (Lipinski definition) is 3. The van der Waals surface area contributed by atoms with Crippen molar-refractivity contribution in [3.63, 3.8) is 0 Å². The number of phenolic OH excluding ortho intramolecular Hbond substituents is 1. The highest BCUT2D eigenvalue weighted by Crippen LogP contribution is 2.30. The van der Waals surface area contributed by atoms with Crippen molar-refractivity contribution in [2.75, 3.05) is 0 Å². The molecule has 2 rings (SSSR count). The number of phenols is 1. The topological polar surface area (TPSA) is 83.6 Å². The SMILES string of the molecule is Cc1cc(C[C@H](N)C(=O)O)cc(Br)c1Cc1ccc(O)c(C(C)C)c1. The number of carbonyl (C=O) groups is 1. The zero-order valence-electron chi connectivity index (χ0n) is 14.7. The van der Waals surface area contributed by atoms with Gasteiger partial charge in [-0.05, 0) is 65.6 Å². The highest BCUT2D eigenvalue weighted by Gasteiger charge is 2.15. The summed E-state index contributed by atoms with van der Waals surface area (Å²) in [6.07, 6.45) is 1.03. The number of aliphatic carboxylic acids is 1. The minimum Gasteiger partial charge on any atom is -0.508 e. The number of halogens is 1. The van der Waals surface area contributed by atoms with Crippen molar-refractivity contribution in [2.24, 2.45) is 5.73 Å². The average molecular weight is 406 g/mol. The second kappa shape index (κ2) is 8.02. The molecule has 0 unspecified atom stereocenters. The van der Waals surface area contributed by atoms with Crippen LogP contribution in [0.25, 0.3) is 0 Å². The monoisotopic (exact) mass is 405 g/mol. The summed E-state index contributed by atoms with van der Waals surface area (Å²) in [5, 5.41) is 18.9. The summed E-state index contributed by atoms with van der Waals surface area (Å²) in [6, 6.07) is 8.75. The lowest BCUT2D eigenvalue weighted by molar-refractivity contribution is -0.138. The van der Waals surface area contributed by atoms with Gasteiger partial charge in [-0.15, -0.1) is 0 Å². The quantitative estimate of drug-likeness (QED) is 0.674. The minimum absolute atomic E-state index is 0.254. The highest BCUT2D eigenvalue weighted by atomic mass is 79.9. The van der Waals surface area contributed by atoms with Gasteiger partial charge in [-0.2, -0.15) is 0 Å². The molecule has 0 aromatic heterocycles. The van der Waals surface area contributed by atoms with E-state index in [1.165, 1.54) is 0 Å². The average Bonchev–Trinajstić information content (AvgIpc) is 2.52. The van der Waals surface area contributed by atoms with Crippen molar-refractivity contribution < 1.29 is 15.0 Å². The van der Waals surface area contributed by atoms with Crippen LogP contribution < -0.4 is 5.73 Å². The molecule has 134 valence electrons. The van der Waals surface area contributed by atoms with Gasteiger partial charge in [0.05, 0.1) is 0 Å². The fourth-order valence-electron chi connectivity index (χ4n) is 2.91. The molecule has 0 amide bonds. The zero-order chi connectivity index (χ0) is 18.7. The molecular weight excluding hydrogens is 382 g/mol. The van der Waals surface area contributed by atoms with E-state index in [9.17, 15) is 9.90 Å². The van der Waals surface area contributed by atoms with Gasteiger partial charge in [-0.25, -0.2) is 0 Å². The Morgan fingerprint density at radius 1 is 1.20 bits per heavy atom. The molecule has 0 aliphatic carbocycles. The molecule has 4 nitrogen and oxygen atoms in total. The number of hydrogen-bond donors (Lipinski definition) is 3. The van der Waals surface area contributed by atoms with E-state index < -0.39 is 12.0 Å². The number of benzene rings is 2. The first-order valence-corrected chi connectivity index (χ1v) is 9.06. The minimum atomic E-state index is -0.997. The van der Waals surface area contributed by atoms with Crippen molar-refractivity contribution in [1.82, 2.24) is 0 Å². The summed E-state index contributed by atoms with van der Waals surface area (Å²) < 4.78 is 0.944. The molecule has 2 aromatic rings. The van der Waals surface area contributed by atoms with E-state index in [0.29, 0.717) is 12.2 Å². The normalized spacial score (nSPS) is 12.4. The van der Waals surface area contributed by atoms with Crippen LogP contribution in [0.4, 0.5) is 0 Å². The number of nitrogens with two attached hydrogens (primary N) is 1. The maximum atomic E-state index is 10.9. The van der Waals surface area contributed by atoms with Gasteiger partial charge in [0.1, 0.15) is 11.8 Å². The summed E-state index contributed by atoms with van der Waals surface area (Å²) in [5.41, 5.74) is 10.8. The van der Waals surface area contributed by atoms with Gasteiger partial charge in [0.2, 0.25) is 0 Å². The van der Waals surface area contributed by atoms with Crippen molar-refractivity contribution in [2.45, 2.75) is 45.6 Å². The van der Waals surface area contributed by atoms with Crippen molar-refractivity contribution >= 4 is 21.9 Å². The second-order valence-electron chi connectivity index (χ2n) is 6.75. The van der Waals surface area contributed by atoms with Crippen molar-refractivity contribution in [3.05, 3.63) is 62.6 Å². The Hall–Kier alpha value is -1.85. The van der Waals surface area contributed by atoms with Gasteiger partial charge in [-0.1, -0.05) is 48.0 Å². The number of carboxylic acid groups (broad SMARTS) is 1. The summed E-state index contributed by atoms with van der Waals surface area (Å²) in [7, 11) is 0. The third kappa shape index (κ3) is 4.83. The van der Waals surface area contributed by atoms with Crippen LogP contribution in [0.1, 0.15) is 47.6 Å². The lowest BCUT2D eigenvalue weighted by Gasteiger charge is -2.15. The van der Waals surface area contributed by atoms with Gasteiger partial charge < -0.3 is 15.9 Å². The van der Waals surface area contributed by atoms with Gasteiger partial charge in [-0.3, -0.25) is 4.79 Å². The van der Waals surface area contributed by atoms with E-state index >= 15 is 0 Å². The van der Waals surface area contributed by atoms with Crippen LogP contribution in [-0.4, -0.2) is 22.2 Å². The van der Waals surface area contributed by atoms with E-state index in [1.807, 2.05) is 31.2 Å². The predicted octanol–water partition coefficient (Wildman–Crippen LogP) is 4.13. The maximum absolute atomic E-state index is 10.9. The van der Waals surface area contributed by atoms with Gasteiger partial charge in [0.25, 0.3) is 0 Å². The molecule has 0 saturated heterocycles. The molecular formula is C20H24BrNO3. The molecule has 0 fully saturated rings. The van der Waals surface area contributed by atoms with Crippen LogP contribution in [0, 0.1) is 6.92 Å². The predicted molar refractivity (Wildman–Crippen MR) is 103 cm³/mol. The molecule has 0 bridgehead atoms. The van der Waals surface area contributed by atoms with E-state index in [-0.39, 0.29) is 5.92 Å². The summed E-state index contributed by atoms with van der Waals surface area (Å²) in [4.78, 5) is 10.9. The first-order chi connectivity index (χ1) is 11.7. The van der Waals surface area contributed by atoms with E-state index in [4.69, 9.17) is 10.8 Å². The van der Waals surface area contributed by atoms with Crippen LogP contribution in [0.5, 0.6) is 5.75 Å². The standard InChI is InChI=1S/C20H24BrNO3/c1-11(2)15-7-13(4-5-19(15)23)8-16-12(3)6-14(9-17(16)21)10-18(22)20(24)25/h4-7,9,11,18,23H,8,10,22H2,1-3H3,(H,24,25)/t18-/m0/s1. The lowest BCUT2D eigenvalue weighted by atomic mass is 9.93. The molecule has 2 aromatic carbocycles. The number of aromatic hydroxyl groups is 1. The Balaban J connectivity index is 2.29. The Morgan fingerprint density at radius 2 is 1.88 bits per heavy atom. The van der Waals surface area contributed by atoms with Gasteiger partial charge >= 0.3 is 5.97 Å². The fourth-order valence-corrected chi connectivity index (χ4v) is 3.66. The van der Waals surface area contributed by atoms with E-state index in [1.54, 1.807) is 6.07 Å². The number of carboxylic acids is 1. The smallest absolute Gasteiger partial charge is 0.320 e. The molecule has 0 spiro atoms. The fraction of sp³-hybridized carbons (Fsp3) is 0.350. The molecule has 0 heterocycles. The van der Waals surface area contributed by atoms with Crippen LogP contribution in [-0.2, 0) is 17.6 Å². The summed E-state index contributed by atoms with van der Waals surface area (Å²) in [6.45, 7) is 6.13. The highest BCUT2D eigenvalue weighted by molar-refractivity contribution is 9.10. The second-order valence-corrected chi connectivity index (χ2v) is 7.60.